The largest absolute Gasteiger partial charge is 0.379 e. The Bertz CT molecular complexity index is 294. The molecule has 0 radical (unpaired) electrons. The summed E-state index contributed by atoms with van der Waals surface area (Å²) in [6.45, 7) is 9.02. The molecule has 0 aliphatic rings. The Kier molecular flexibility index (Phi) is 6.90. The molecule has 0 amide bonds. The molecule has 2 heteroatoms. The van der Waals surface area contributed by atoms with E-state index in [2.05, 4.69) is 50.4 Å². The van der Waals surface area contributed by atoms with Crippen LogP contribution in [0.3, 0.4) is 0 Å². The molecule has 1 aromatic carbocycles. The summed E-state index contributed by atoms with van der Waals surface area (Å²) < 4.78 is 5.65. The third kappa shape index (κ3) is 4.88. The topological polar surface area (TPSA) is 21.3 Å². The Morgan fingerprint density at radius 1 is 1.12 bits per heavy atom. The molecule has 1 aromatic rings. The molecule has 2 nitrogen and oxygen atoms in total. The normalized spacial score (nSPS) is 12.6. The first-order chi connectivity index (χ1) is 8.31. The van der Waals surface area contributed by atoms with E-state index in [1.165, 1.54) is 11.1 Å². The third-order valence-electron chi connectivity index (χ3n) is 2.87. The van der Waals surface area contributed by atoms with Crippen molar-refractivity contribution in [3.05, 3.63) is 35.4 Å². The van der Waals surface area contributed by atoms with Gasteiger partial charge in [0.05, 0.1) is 12.6 Å². The summed E-state index contributed by atoms with van der Waals surface area (Å²) in [5.74, 6) is 0. The fourth-order valence-electron chi connectivity index (χ4n) is 1.85. The number of nitrogens with one attached hydrogen (secondary N) is 1. The molecule has 1 rings (SSSR count). The molecule has 1 unspecified atom stereocenters. The van der Waals surface area contributed by atoms with Gasteiger partial charge in [-0.05, 0) is 30.5 Å². The van der Waals surface area contributed by atoms with Crippen LogP contribution in [0.4, 0.5) is 0 Å². The number of benzene rings is 1. The molecule has 0 saturated heterocycles. The molecule has 0 spiro atoms. The van der Waals surface area contributed by atoms with E-state index in [0.717, 1.165) is 32.6 Å². The number of rotatable bonds is 8. The van der Waals surface area contributed by atoms with Crippen molar-refractivity contribution in [1.82, 2.24) is 5.32 Å². The van der Waals surface area contributed by atoms with Gasteiger partial charge in [-0.2, -0.15) is 0 Å². The van der Waals surface area contributed by atoms with E-state index in [1.807, 2.05) is 0 Å². The average molecular weight is 235 g/mol. The number of aryl methyl sites for hydroxylation is 1. The van der Waals surface area contributed by atoms with Crippen LogP contribution in [-0.2, 0) is 11.2 Å². The lowest BCUT2D eigenvalue weighted by atomic mass is 10.0. The molecule has 0 aliphatic carbocycles. The number of hydrogen-bond donors (Lipinski definition) is 1. The van der Waals surface area contributed by atoms with Gasteiger partial charge in [0.15, 0.2) is 0 Å². The highest BCUT2D eigenvalue weighted by Crippen LogP contribution is 2.15. The predicted molar refractivity (Wildman–Crippen MR) is 73.3 cm³/mol. The Hall–Kier alpha value is -0.860. The van der Waals surface area contributed by atoms with Crippen LogP contribution < -0.4 is 5.32 Å². The first-order valence-electron chi connectivity index (χ1n) is 6.71. The lowest BCUT2D eigenvalue weighted by Gasteiger charge is -2.18. The molecular weight excluding hydrogens is 210 g/mol. The quantitative estimate of drug-likeness (QED) is 0.698. The van der Waals surface area contributed by atoms with Crippen LogP contribution in [0.15, 0.2) is 24.3 Å². The van der Waals surface area contributed by atoms with Crippen LogP contribution in [-0.4, -0.2) is 19.8 Å². The smallest absolute Gasteiger partial charge is 0.0661 e. The zero-order valence-electron chi connectivity index (χ0n) is 11.3. The van der Waals surface area contributed by atoms with E-state index in [9.17, 15) is 0 Å². The standard InChI is InChI=1S/C15H25NO/c1-4-11-17-12-15(16-6-3)14-9-7-13(5-2)8-10-14/h7-10,15-16H,4-6,11-12H2,1-3H3. The molecule has 1 N–H and O–H groups in total. The molecule has 0 bridgehead atoms. The predicted octanol–water partition coefficient (Wildman–Crippen LogP) is 3.33. The molecule has 96 valence electrons. The summed E-state index contributed by atoms with van der Waals surface area (Å²) in [5.41, 5.74) is 2.71. The van der Waals surface area contributed by atoms with Crippen molar-refractivity contribution in [1.29, 1.82) is 0 Å². The van der Waals surface area contributed by atoms with E-state index in [0.29, 0.717) is 6.04 Å². The van der Waals surface area contributed by atoms with E-state index >= 15 is 0 Å². The molecule has 0 heterocycles. The number of ether oxygens (including phenoxy) is 1. The highest BCUT2D eigenvalue weighted by Gasteiger charge is 2.09. The zero-order chi connectivity index (χ0) is 12.5. The molecule has 0 aliphatic heterocycles. The van der Waals surface area contributed by atoms with Crippen molar-refractivity contribution < 1.29 is 4.74 Å². The molecule has 0 fully saturated rings. The van der Waals surface area contributed by atoms with Gasteiger partial charge in [-0.3, -0.25) is 0 Å². The van der Waals surface area contributed by atoms with Gasteiger partial charge in [-0.1, -0.05) is 45.0 Å². The van der Waals surface area contributed by atoms with Crippen molar-refractivity contribution in [2.75, 3.05) is 19.8 Å². The fourth-order valence-corrected chi connectivity index (χ4v) is 1.85. The summed E-state index contributed by atoms with van der Waals surface area (Å²) in [5, 5.41) is 3.47. The fraction of sp³-hybridized carbons (Fsp3) is 0.600. The minimum Gasteiger partial charge on any atom is -0.379 e. The maximum atomic E-state index is 5.65. The lowest BCUT2D eigenvalue weighted by Crippen LogP contribution is -2.25. The van der Waals surface area contributed by atoms with Crippen LogP contribution in [0.2, 0.25) is 0 Å². The van der Waals surface area contributed by atoms with Gasteiger partial charge >= 0.3 is 0 Å². The molecule has 1 atom stereocenters. The number of hydrogen-bond acceptors (Lipinski definition) is 2. The van der Waals surface area contributed by atoms with Gasteiger partial charge in [-0.15, -0.1) is 0 Å². The number of likely N-dealkylation sites (N-methyl/N-ethyl adjacent to an activating group) is 1. The third-order valence-corrected chi connectivity index (χ3v) is 2.87. The minimum absolute atomic E-state index is 0.317. The molecule has 0 aromatic heterocycles. The summed E-state index contributed by atoms with van der Waals surface area (Å²) >= 11 is 0. The Morgan fingerprint density at radius 3 is 2.35 bits per heavy atom. The first-order valence-corrected chi connectivity index (χ1v) is 6.71. The SMILES string of the molecule is CCCOCC(NCC)c1ccc(CC)cc1. The Balaban J connectivity index is 2.60. The summed E-state index contributed by atoms with van der Waals surface area (Å²) in [6.07, 6.45) is 2.17. The lowest BCUT2D eigenvalue weighted by molar-refractivity contribution is 0.112. The second-order valence-electron chi connectivity index (χ2n) is 4.28. The summed E-state index contributed by atoms with van der Waals surface area (Å²) in [6, 6.07) is 9.15. The first kappa shape index (κ1) is 14.2. The van der Waals surface area contributed by atoms with Gasteiger partial charge in [0.2, 0.25) is 0 Å². The van der Waals surface area contributed by atoms with Crippen LogP contribution in [0, 0.1) is 0 Å². The average Bonchev–Trinajstić information content (AvgIpc) is 2.38. The van der Waals surface area contributed by atoms with Crippen molar-refractivity contribution >= 4 is 0 Å². The highest BCUT2D eigenvalue weighted by atomic mass is 16.5. The van der Waals surface area contributed by atoms with Crippen LogP contribution in [0.5, 0.6) is 0 Å². The van der Waals surface area contributed by atoms with Crippen LogP contribution >= 0.6 is 0 Å². The second-order valence-corrected chi connectivity index (χ2v) is 4.28. The van der Waals surface area contributed by atoms with E-state index < -0.39 is 0 Å². The molecule has 17 heavy (non-hydrogen) atoms. The maximum absolute atomic E-state index is 5.65. The van der Waals surface area contributed by atoms with Crippen molar-refractivity contribution in [2.45, 2.75) is 39.7 Å². The summed E-state index contributed by atoms with van der Waals surface area (Å²) in [7, 11) is 0. The monoisotopic (exact) mass is 235 g/mol. The minimum atomic E-state index is 0.317. The van der Waals surface area contributed by atoms with Gasteiger partial charge in [0.1, 0.15) is 0 Å². The molecular formula is C15H25NO. The Labute approximate surface area is 105 Å². The van der Waals surface area contributed by atoms with E-state index in [-0.39, 0.29) is 0 Å². The highest BCUT2D eigenvalue weighted by molar-refractivity contribution is 5.25. The second kappa shape index (κ2) is 8.26. The van der Waals surface area contributed by atoms with E-state index in [4.69, 9.17) is 4.74 Å². The van der Waals surface area contributed by atoms with Gasteiger partial charge in [0.25, 0.3) is 0 Å². The maximum Gasteiger partial charge on any atom is 0.0661 e. The van der Waals surface area contributed by atoms with Gasteiger partial charge < -0.3 is 10.1 Å². The van der Waals surface area contributed by atoms with E-state index in [1.54, 1.807) is 0 Å². The van der Waals surface area contributed by atoms with Crippen molar-refractivity contribution in [3.8, 4) is 0 Å². The van der Waals surface area contributed by atoms with Gasteiger partial charge in [0, 0.05) is 6.61 Å². The van der Waals surface area contributed by atoms with Crippen LogP contribution in [0.25, 0.3) is 0 Å². The van der Waals surface area contributed by atoms with Crippen LogP contribution in [0.1, 0.15) is 44.4 Å². The zero-order valence-corrected chi connectivity index (χ0v) is 11.3. The van der Waals surface area contributed by atoms with Crippen molar-refractivity contribution in [2.24, 2.45) is 0 Å². The molecule has 0 saturated carbocycles. The Morgan fingerprint density at radius 2 is 1.82 bits per heavy atom. The summed E-state index contributed by atoms with van der Waals surface area (Å²) in [4.78, 5) is 0. The van der Waals surface area contributed by atoms with Gasteiger partial charge in [-0.25, -0.2) is 0 Å². The van der Waals surface area contributed by atoms with Crippen molar-refractivity contribution in [3.63, 3.8) is 0 Å².